The molecule has 3 aromatic rings. The summed E-state index contributed by atoms with van der Waals surface area (Å²) in [6.07, 6.45) is 1.78. The first-order chi connectivity index (χ1) is 12.4. The second-order valence-electron chi connectivity index (χ2n) is 7.06. The standard InChI is InChI=1S/C20H22N4O2/c1-12-6-7-15(13(2)9-12)22-18(25)11-24-14(3)10-16-19(24)20(26)23-8-4-5-17(23)21-16/h6-7,9-10H,4-5,8,11H2,1-3H3,(H,22,25). The lowest BCUT2D eigenvalue weighted by atomic mass is 10.1. The third-order valence-electron chi connectivity index (χ3n) is 5.03. The van der Waals surface area contributed by atoms with E-state index in [0.717, 1.165) is 41.2 Å². The molecular formula is C20H22N4O2. The molecule has 6 heteroatoms. The van der Waals surface area contributed by atoms with Gasteiger partial charge in [0.25, 0.3) is 5.56 Å². The molecule has 0 saturated heterocycles. The number of nitrogens with zero attached hydrogens (tertiary/aromatic N) is 3. The summed E-state index contributed by atoms with van der Waals surface area (Å²) >= 11 is 0. The number of carbonyl (C=O) groups excluding carboxylic acids is 1. The molecule has 6 nitrogen and oxygen atoms in total. The smallest absolute Gasteiger partial charge is 0.278 e. The number of fused-ring (bicyclic) bond motifs is 2. The zero-order valence-corrected chi connectivity index (χ0v) is 15.3. The molecule has 1 aliphatic rings. The predicted octanol–water partition coefficient (Wildman–Crippen LogP) is 2.71. The average Bonchev–Trinajstić information content (AvgIpc) is 3.16. The van der Waals surface area contributed by atoms with E-state index in [9.17, 15) is 9.59 Å². The van der Waals surface area contributed by atoms with Crippen LogP contribution in [0.4, 0.5) is 5.69 Å². The second-order valence-corrected chi connectivity index (χ2v) is 7.06. The van der Waals surface area contributed by atoms with Crippen molar-refractivity contribution < 1.29 is 4.79 Å². The fourth-order valence-electron chi connectivity index (χ4n) is 3.72. The molecule has 0 radical (unpaired) electrons. The minimum atomic E-state index is -0.151. The summed E-state index contributed by atoms with van der Waals surface area (Å²) in [6, 6.07) is 7.80. The number of aryl methyl sites for hydroxylation is 4. The quantitative estimate of drug-likeness (QED) is 0.790. The summed E-state index contributed by atoms with van der Waals surface area (Å²) in [6.45, 7) is 6.70. The Morgan fingerprint density at radius 2 is 2.04 bits per heavy atom. The molecule has 1 aliphatic heterocycles. The van der Waals surface area contributed by atoms with Crippen molar-refractivity contribution in [1.29, 1.82) is 0 Å². The highest BCUT2D eigenvalue weighted by atomic mass is 16.2. The lowest BCUT2D eigenvalue weighted by molar-refractivity contribution is -0.116. The monoisotopic (exact) mass is 350 g/mol. The minimum absolute atomic E-state index is 0.0464. The Morgan fingerprint density at radius 3 is 2.81 bits per heavy atom. The van der Waals surface area contributed by atoms with E-state index in [4.69, 9.17) is 0 Å². The van der Waals surface area contributed by atoms with E-state index in [1.54, 1.807) is 9.13 Å². The predicted molar refractivity (Wildman–Crippen MR) is 102 cm³/mol. The lowest BCUT2D eigenvalue weighted by Crippen LogP contribution is -2.26. The van der Waals surface area contributed by atoms with E-state index < -0.39 is 0 Å². The molecule has 1 aromatic carbocycles. The summed E-state index contributed by atoms with van der Waals surface area (Å²) in [7, 11) is 0. The molecule has 2 aromatic heterocycles. The van der Waals surface area contributed by atoms with Crippen LogP contribution in [0.15, 0.2) is 29.1 Å². The van der Waals surface area contributed by atoms with Gasteiger partial charge in [-0.05, 0) is 44.9 Å². The van der Waals surface area contributed by atoms with Crippen LogP contribution in [0, 0.1) is 20.8 Å². The van der Waals surface area contributed by atoms with Crippen LogP contribution < -0.4 is 10.9 Å². The molecule has 0 unspecified atom stereocenters. The van der Waals surface area contributed by atoms with E-state index in [0.29, 0.717) is 17.6 Å². The first-order valence-electron chi connectivity index (χ1n) is 8.90. The van der Waals surface area contributed by atoms with Gasteiger partial charge >= 0.3 is 0 Å². The van der Waals surface area contributed by atoms with Gasteiger partial charge in [-0.15, -0.1) is 0 Å². The van der Waals surface area contributed by atoms with Crippen LogP contribution in [-0.2, 0) is 24.3 Å². The molecule has 0 bridgehead atoms. The van der Waals surface area contributed by atoms with Gasteiger partial charge in [0, 0.05) is 24.3 Å². The largest absolute Gasteiger partial charge is 0.330 e. The Hall–Kier alpha value is -2.89. The van der Waals surface area contributed by atoms with E-state index in [-0.39, 0.29) is 18.0 Å². The number of aromatic nitrogens is 3. The SMILES string of the molecule is Cc1ccc(NC(=O)Cn2c(C)cc3nc4n(c(=O)c32)CCC4)c(C)c1. The Kier molecular flexibility index (Phi) is 3.90. The molecule has 26 heavy (non-hydrogen) atoms. The number of hydrogen-bond donors (Lipinski definition) is 1. The normalized spacial score (nSPS) is 13.2. The Morgan fingerprint density at radius 1 is 1.23 bits per heavy atom. The fourth-order valence-corrected chi connectivity index (χ4v) is 3.72. The molecule has 3 heterocycles. The third-order valence-corrected chi connectivity index (χ3v) is 5.03. The van der Waals surface area contributed by atoms with Crippen molar-refractivity contribution >= 4 is 22.6 Å². The van der Waals surface area contributed by atoms with Crippen LogP contribution in [0.25, 0.3) is 11.0 Å². The third kappa shape index (κ3) is 2.71. The zero-order chi connectivity index (χ0) is 18.4. The van der Waals surface area contributed by atoms with E-state index in [1.807, 2.05) is 45.0 Å². The van der Waals surface area contributed by atoms with Crippen LogP contribution in [-0.4, -0.2) is 20.0 Å². The molecule has 1 amide bonds. The Bertz CT molecular complexity index is 1090. The number of hydrogen-bond acceptors (Lipinski definition) is 3. The van der Waals surface area contributed by atoms with Gasteiger partial charge in [0.2, 0.25) is 5.91 Å². The van der Waals surface area contributed by atoms with Crippen LogP contribution in [0.1, 0.15) is 29.1 Å². The minimum Gasteiger partial charge on any atom is -0.330 e. The highest BCUT2D eigenvalue weighted by molar-refractivity contribution is 5.92. The molecule has 0 atom stereocenters. The van der Waals surface area contributed by atoms with Crippen LogP contribution in [0.2, 0.25) is 0 Å². The van der Waals surface area contributed by atoms with Crippen molar-refractivity contribution in [2.24, 2.45) is 0 Å². The highest BCUT2D eigenvalue weighted by Crippen LogP contribution is 2.20. The van der Waals surface area contributed by atoms with E-state index >= 15 is 0 Å². The number of benzene rings is 1. The molecule has 0 fully saturated rings. The maximum absolute atomic E-state index is 12.9. The fraction of sp³-hybridized carbons (Fsp3) is 0.350. The van der Waals surface area contributed by atoms with Gasteiger partial charge < -0.3 is 9.88 Å². The topological polar surface area (TPSA) is 68.9 Å². The van der Waals surface area contributed by atoms with Gasteiger partial charge in [0.15, 0.2) is 0 Å². The number of nitrogens with one attached hydrogen (secondary N) is 1. The Labute approximate surface area is 151 Å². The maximum Gasteiger partial charge on any atom is 0.278 e. The second kappa shape index (κ2) is 6.12. The summed E-state index contributed by atoms with van der Waals surface area (Å²) in [5, 5.41) is 2.95. The summed E-state index contributed by atoms with van der Waals surface area (Å²) in [5.41, 5.74) is 4.99. The summed E-state index contributed by atoms with van der Waals surface area (Å²) in [5.74, 6) is 0.696. The van der Waals surface area contributed by atoms with Gasteiger partial charge in [0.05, 0.1) is 5.52 Å². The van der Waals surface area contributed by atoms with Gasteiger partial charge in [0.1, 0.15) is 17.9 Å². The number of anilines is 1. The van der Waals surface area contributed by atoms with Crippen molar-refractivity contribution in [3.63, 3.8) is 0 Å². The first kappa shape index (κ1) is 16.6. The van der Waals surface area contributed by atoms with Gasteiger partial charge in [-0.3, -0.25) is 14.2 Å². The van der Waals surface area contributed by atoms with Gasteiger partial charge in [-0.2, -0.15) is 0 Å². The van der Waals surface area contributed by atoms with Crippen LogP contribution >= 0.6 is 0 Å². The van der Waals surface area contributed by atoms with Crippen LogP contribution in [0.3, 0.4) is 0 Å². The average molecular weight is 350 g/mol. The van der Waals surface area contributed by atoms with E-state index in [2.05, 4.69) is 10.3 Å². The van der Waals surface area contributed by atoms with Crippen molar-refractivity contribution in [2.75, 3.05) is 5.32 Å². The van der Waals surface area contributed by atoms with Crippen LogP contribution in [0.5, 0.6) is 0 Å². The first-order valence-corrected chi connectivity index (χ1v) is 8.90. The van der Waals surface area contributed by atoms with Crippen molar-refractivity contribution in [1.82, 2.24) is 14.1 Å². The summed E-state index contributed by atoms with van der Waals surface area (Å²) < 4.78 is 3.51. The maximum atomic E-state index is 12.9. The number of amides is 1. The molecule has 0 saturated carbocycles. The number of rotatable bonds is 3. The lowest BCUT2D eigenvalue weighted by Gasteiger charge is -2.12. The zero-order valence-electron chi connectivity index (χ0n) is 15.3. The molecule has 0 aliphatic carbocycles. The molecular weight excluding hydrogens is 328 g/mol. The van der Waals surface area contributed by atoms with Gasteiger partial charge in [-0.1, -0.05) is 17.7 Å². The molecule has 134 valence electrons. The van der Waals surface area contributed by atoms with E-state index in [1.165, 1.54) is 0 Å². The molecule has 1 N–H and O–H groups in total. The summed E-state index contributed by atoms with van der Waals surface area (Å²) in [4.78, 5) is 30.1. The Balaban J connectivity index is 1.68. The molecule has 0 spiro atoms. The highest BCUT2D eigenvalue weighted by Gasteiger charge is 2.20. The van der Waals surface area contributed by atoms with Crippen molar-refractivity contribution in [3.8, 4) is 0 Å². The van der Waals surface area contributed by atoms with Crippen molar-refractivity contribution in [3.05, 3.63) is 57.3 Å². The number of carbonyl (C=O) groups is 1. The van der Waals surface area contributed by atoms with Gasteiger partial charge in [-0.25, -0.2) is 4.98 Å². The van der Waals surface area contributed by atoms with Crippen molar-refractivity contribution in [2.45, 2.75) is 46.7 Å². The molecule has 4 rings (SSSR count).